The maximum absolute atomic E-state index is 11.6. The van der Waals surface area contributed by atoms with Gasteiger partial charge >= 0.3 is 6.09 Å². The van der Waals surface area contributed by atoms with Gasteiger partial charge in [0, 0.05) is 24.5 Å². The third-order valence-corrected chi connectivity index (χ3v) is 3.09. The van der Waals surface area contributed by atoms with Crippen molar-refractivity contribution in [2.75, 3.05) is 11.9 Å². The van der Waals surface area contributed by atoms with Crippen molar-refractivity contribution in [1.29, 1.82) is 0 Å². The first-order valence-corrected chi connectivity index (χ1v) is 7.86. The van der Waals surface area contributed by atoms with Crippen molar-refractivity contribution in [3.63, 3.8) is 0 Å². The Hall–Kier alpha value is -1.96. The average Bonchev–Trinajstić information content (AvgIpc) is 2.88. The second kappa shape index (κ2) is 8.47. The van der Waals surface area contributed by atoms with E-state index in [0.29, 0.717) is 24.5 Å². The first-order chi connectivity index (χ1) is 10.3. The predicted molar refractivity (Wildman–Crippen MR) is 83.8 cm³/mol. The fraction of sp³-hybridized carbons (Fsp3) is 0.571. The lowest BCUT2D eigenvalue weighted by Crippen LogP contribution is -2.33. The lowest BCUT2D eigenvalue weighted by Gasteiger charge is -2.19. The van der Waals surface area contributed by atoms with Gasteiger partial charge in [-0.05, 0) is 33.6 Å². The van der Waals surface area contributed by atoms with Gasteiger partial charge in [0.15, 0.2) is 5.13 Å². The van der Waals surface area contributed by atoms with Gasteiger partial charge in [-0.2, -0.15) is 0 Å². The van der Waals surface area contributed by atoms with E-state index in [2.05, 4.69) is 15.6 Å². The first kappa shape index (κ1) is 18.1. The van der Waals surface area contributed by atoms with E-state index in [-0.39, 0.29) is 6.42 Å². The number of aromatic nitrogens is 1. The number of carbonyl (C=O) groups excluding carboxylic acids is 3. The molecule has 0 aromatic carbocycles. The van der Waals surface area contributed by atoms with Gasteiger partial charge in [0.2, 0.25) is 5.78 Å². The van der Waals surface area contributed by atoms with E-state index in [0.717, 1.165) is 0 Å². The number of hydrogen-bond acceptors (Lipinski definition) is 6. The molecule has 0 saturated carbocycles. The largest absolute Gasteiger partial charge is 0.444 e. The van der Waals surface area contributed by atoms with Crippen molar-refractivity contribution < 1.29 is 19.1 Å². The lowest BCUT2D eigenvalue weighted by molar-refractivity contribution is -0.134. The number of thiazole rings is 1. The van der Waals surface area contributed by atoms with Crippen LogP contribution in [0.15, 0.2) is 11.6 Å². The van der Waals surface area contributed by atoms with Crippen LogP contribution >= 0.6 is 11.3 Å². The number of carbonyl (C=O) groups is 3. The van der Waals surface area contributed by atoms with Gasteiger partial charge in [0.1, 0.15) is 5.60 Å². The fourth-order valence-corrected chi connectivity index (χ4v) is 2.00. The third kappa shape index (κ3) is 7.72. The predicted octanol–water partition coefficient (Wildman–Crippen LogP) is 2.35. The highest BCUT2D eigenvalue weighted by atomic mass is 32.1. The lowest BCUT2D eigenvalue weighted by atomic mass is 10.1. The molecule has 0 bridgehead atoms. The van der Waals surface area contributed by atoms with Crippen LogP contribution < -0.4 is 10.6 Å². The normalized spacial score (nSPS) is 10.9. The van der Waals surface area contributed by atoms with Crippen LogP contribution in [0.25, 0.3) is 0 Å². The molecule has 1 heterocycles. The fourth-order valence-electron chi connectivity index (χ4n) is 1.48. The molecule has 0 spiro atoms. The SMILES string of the molecule is CC(C)(C)OC(=O)NCCCCC(=O)C(=O)Nc1nccs1. The number of ether oxygens (including phenoxy) is 1. The van der Waals surface area contributed by atoms with Crippen molar-refractivity contribution in [3.8, 4) is 0 Å². The van der Waals surface area contributed by atoms with E-state index < -0.39 is 23.4 Å². The summed E-state index contributed by atoms with van der Waals surface area (Å²) in [6.45, 7) is 5.75. The number of ketones is 1. The first-order valence-electron chi connectivity index (χ1n) is 6.98. The summed E-state index contributed by atoms with van der Waals surface area (Å²) in [7, 11) is 0. The molecule has 0 aliphatic carbocycles. The molecule has 0 aliphatic rings. The summed E-state index contributed by atoms with van der Waals surface area (Å²) < 4.78 is 5.08. The van der Waals surface area contributed by atoms with Gasteiger partial charge in [-0.1, -0.05) is 0 Å². The summed E-state index contributed by atoms with van der Waals surface area (Å²) in [5, 5.41) is 7.15. The zero-order chi connectivity index (χ0) is 16.6. The van der Waals surface area contributed by atoms with Crippen molar-refractivity contribution in [1.82, 2.24) is 10.3 Å². The van der Waals surface area contributed by atoms with E-state index >= 15 is 0 Å². The molecular formula is C14H21N3O4S. The topological polar surface area (TPSA) is 97.4 Å². The summed E-state index contributed by atoms with van der Waals surface area (Å²) in [5.41, 5.74) is -0.534. The number of rotatable bonds is 7. The summed E-state index contributed by atoms with van der Waals surface area (Å²) in [6, 6.07) is 0. The van der Waals surface area contributed by atoms with E-state index in [1.165, 1.54) is 11.3 Å². The Morgan fingerprint density at radius 2 is 2.00 bits per heavy atom. The van der Waals surface area contributed by atoms with Crippen LogP contribution in [-0.2, 0) is 14.3 Å². The minimum Gasteiger partial charge on any atom is -0.444 e. The molecule has 1 aromatic heterocycles. The van der Waals surface area contributed by atoms with Gasteiger partial charge in [0.25, 0.3) is 5.91 Å². The number of alkyl carbamates (subject to hydrolysis) is 1. The van der Waals surface area contributed by atoms with Gasteiger partial charge in [-0.3, -0.25) is 14.9 Å². The highest BCUT2D eigenvalue weighted by Crippen LogP contribution is 2.10. The minimum absolute atomic E-state index is 0.132. The Balaban J connectivity index is 2.12. The zero-order valence-electron chi connectivity index (χ0n) is 13.0. The summed E-state index contributed by atoms with van der Waals surface area (Å²) in [5.74, 6) is -1.15. The monoisotopic (exact) mass is 327 g/mol. The van der Waals surface area contributed by atoms with Crippen LogP contribution in [0.5, 0.6) is 0 Å². The summed E-state index contributed by atoms with van der Waals surface area (Å²) in [6.07, 6.45) is 2.30. The maximum Gasteiger partial charge on any atom is 0.407 e. The number of nitrogens with one attached hydrogen (secondary N) is 2. The smallest absolute Gasteiger partial charge is 0.407 e. The minimum atomic E-state index is -0.657. The van der Waals surface area contributed by atoms with Crippen molar-refractivity contribution >= 4 is 34.3 Å². The van der Waals surface area contributed by atoms with E-state index in [9.17, 15) is 14.4 Å². The van der Waals surface area contributed by atoms with Crippen molar-refractivity contribution in [2.24, 2.45) is 0 Å². The number of Topliss-reactive ketones (excluding diaryl/α,β-unsaturated/α-hetero) is 1. The highest BCUT2D eigenvalue weighted by Gasteiger charge is 2.16. The van der Waals surface area contributed by atoms with Crippen LogP contribution in [-0.4, -0.2) is 34.9 Å². The molecule has 2 amide bonds. The van der Waals surface area contributed by atoms with Crippen LogP contribution in [0.4, 0.5) is 9.93 Å². The number of anilines is 1. The van der Waals surface area contributed by atoms with E-state index in [1.54, 1.807) is 32.3 Å². The van der Waals surface area contributed by atoms with Crippen LogP contribution in [0.1, 0.15) is 40.0 Å². The second-order valence-electron chi connectivity index (χ2n) is 5.60. The molecule has 1 aromatic rings. The number of unbranched alkanes of at least 4 members (excludes halogenated alkanes) is 1. The number of nitrogens with zero attached hydrogens (tertiary/aromatic N) is 1. The van der Waals surface area contributed by atoms with Crippen LogP contribution in [0.2, 0.25) is 0 Å². The molecule has 0 fully saturated rings. The highest BCUT2D eigenvalue weighted by molar-refractivity contribution is 7.13. The zero-order valence-corrected chi connectivity index (χ0v) is 13.8. The van der Waals surface area contributed by atoms with Crippen LogP contribution in [0.3, 0.4) is 0 Å². The van der Waals surface area contributed by atoms with Crippen molar-refractivity contribution in [2.45, 2.75) is 45.6 Å². The second-order valence-corrected chi connectivity index (χ2v) is 6.49. The van der Waals surface area contributed by atoms with Gasteiger partial charge in [-0.15, -0.1) is 11.3 Å². The summed E-state index contributed by atoms with van der Waals surface area (Å²) in [4.78, 5) is 38.4. The molecular weight excluding hydrogens is 306 g/mol. The van der Waals surface area contributed by atoms with E-state index in [1.807, 2.05) is 0 Å². The Labute approximate surface area is 133 Å². The average molecular weight is 327 g/mol. The molecule has 2 N–H and O–H groups in total. The maximum atomic E-state index is 11.6. The molecule has 0 atom stereocenters. The standard InChI is InChI=1S/C14H21N3O4S/c1-14(2,3)21-13(20)16-7-5-4-6-10(18)11(19)17-12-15-8-9-22-12/h8-9H,4-7H2,1-3H3,(H,16,20)(H,15,17,19). The quantitative estimate of drug-likeness (QED) is 0.592. The molecule has 8 heteroatoms. The van der Waals surface area contributed by atoms with Crippen LogP contribution in [0, 0.1) is 0 Å². The molecule has 1 rings (SSSR count). The molecule has 22 heavy (non-hydrogen) atoms. The summed E-state index contributed by atoms with van der Waals surface area (Å²) >= 11 is 1.25. The number of hydrogen-bond donors (Lipinski definition) is 2. The third-order valence-electron chi connectivity index (χ3n) is 2.40. The van der Waals surface area contributed by atoms with E-state index in [4.69, 9.17) is 4.74 Å². The van der Waals surface area contributed by atoms with Gasteiger partial charge < -0.3 is 10.1 Å². The molecule has 0 radical (unpaired) electrons. The van der Waals surface area contributed by atoms with Crippen molar-refractivity contribution in [3.05, 3.63) is 11.6 Å². The Kier molecular flexibility index (Phi) is 6.97. The number of amides is 2. The Bertz CT molecular complexity index is 509. The Morgan fingerprint density at radius 3 is 2.59 bits per heavy atom. The van der Waals surface area contributed by atoms with Gasteiger partial charge in [-0.25, -0.2) is 9.78 Å². The molecule has 0 saturated heterocycles. The van der Waals surface area contributed by atoms with Gasteiger partial charge in [0.05, 0.1) is 0 Å². The molecule has 122 valence electrons. The Morgan fingerprint density at radius 1 is 1.27 bits per heavy atom. The molecule has 0 unspecified atom stereocenters. The molecule has 0 aliphatic heterocycles. The molecule has 7 nitrogen and oxygen atoms in total.